The average molecular weight is 372 g/mol. The van der Waals surface area contributed by atoms with Gasteiger partial charge in [-0.15, -0.1) is 0 Å². The van der Waals surface area contributed by atoms with Gasteiger partial charge in [-0.05, 0) is 48.2 Å². The number of halogens is 1. The summed E-state index contributed by atoms with van der Waals surface area (Å²) in [6.07, 6.45) is 1.92. The topological polar surface area (TPSA) is 75.4 Å². The molecule has 1 unspecified atom stereocenters. The molecule has 3 rings (SSSR count). The molecular weight excluding hydrogens is 350 g/mol. The van der Waals surface area contributed by atoms with Crippen molar-refractivity contribution in [2.45, 2.75) is 32.2 Å². The highest BCUT2D eigenvalue weighted by atomic mass is 35.5. The molecule has 2 amide bonds. The van der Waals surface area contributed by atoms with E-state index in [4.69, 9.17) is 17.3 Å². The van der Waals surface area contributed by atoms with E-state index < -0.39 is 6.04 Å². The average Bonchev–Trinajstić information content (AvgIpc) is 2.61. The number of nitrogen functional groups attached to an aromatic ring is 1. The molecule has 0 saturated carbocycles. The van der Waals surface area contributed by atoms with E-state index in [1.807, 2.05) is 30.3 Å². The summed E-state index contributed by atoms with van der Waals surface area (Å²) < 4.78 is 0. The lowest BCUT2D eigenvalue weighted by molar-refractivity contribution is -0.121. The van der Waals surface area contributed by atoms with Crippen molar-refractivity contribution in [1.29, 1.82) is 0 Å². The van der Waals surface area contributed by atoms with Gasteiger partial charge in [-0.3, -0.25) is 9.59 Å². The molecule has 1 aliphatic heterocycles. The Labute approximate surface area is 158 Å². The van der Waals surface area contributed by atoms with Gasteiger partial charge in [0.1, 0.15) is 0 Å². The summed E-state index contributed by atoms with van der Waals surface area (Å²) in [5.41, 5.74) is 9.53. The van der Waals surface area contributed by atoms with Crippen molar-refractivity contribution < 1.29 is 9.59 Å². The minimum absolute atomic E-state index is 0.0368. The molecule has 0 bridgehead atoms. The number of carbonyl (C=O) groups excluding carboxylic acids is 2. The number of benzene rings is 2. The third-order valence-electron chi connectivity index (χ3n) is 4.62. The van der Waals surface area contributed by atoms with Gasteiger partial charge in [-0.25, -0.2) is 0 Å². The van der Waals surface area contributed by atoms with Gasteiger partial charge in [0.25, 0.3) is 0 Å². The van der Waals surface area contributed by atoms with Crippen molar-refractivity contribution >= 4 is 34.8 Å². The Bertz CT molecular complexity index is 820. The lowest BCUT2D eigenvalue weighted by atomic mass is 9.98. The number of hydrogen-bond donors (Lipinski definition) is 2. The zero-order valence-electron chi connectivity index (χ0n) is 14.7. The van der Waals surface area contributed by atoms with Gasteiger partial charge in [0.15, 0.2) is 0 Å². The Hall–Kier alpha value is -2.53. The molecule has 2 aromatic rings. The fourth-order valence-electron chi connectivity index (χ4n) is 3.39. The first kappa shape index (κ1) is 18.3. The molecule has 0 spiro atoms. The zero-order chi connectivity index (χ0) is 18.7. The van der Waals surface area contributed by atoms with Crippen LogP contribution in [0.25, 0.3) is 0 Å². The third-order valence-corrected chi connectivity index (χ3v) is 4.87. The third kappa shape index (κ3) is 3.99. The quantitative estimate of drug-likeness (QED) is 0.808. The van der Waals surface area contributed by atoms with Crippen LogP contribution in [0.15, 0.2) is 42.5 Å². The molecule has 1 heterocycles. The van der Waals surface area contributed by atoms with Gasteiger partial charge < -0.3 is 16.0 Å². The normalized spacial score (nSPS) is 14.5. The van der Waals surface area contributed by atoms with Crippen LogP contribution in [0.2, 0.25) is 5.02 Å². The minimum atomic E-state index is -0.399. The van der Waals surface area contributed by atoms with Crippen LogP contribution in [-0.2, 0) is 16.0 Å². The molecular formula is C20H22ClN3O2. The predicted molar refractivity (Wildman–Crippen MR) is 104 cm³/mol. The van der Waals surface area contributed by atoms with Gasteiger partial charge in [0.2, 0.25) is 11.8 Å². The van der Waals surface area contributed by atoms with Crippen LogP contribution in [0.1, 0.15) is 36.9 Å². The summed E-state index contributed by atoms with van der Waals surface area (Å²) in [4.78, 5) is 26.4. The van der Waals surface area contributed by atoms with Gasteiger partial charge in [0.05, 0.1) is 12.5 Å². The Morgan fingerprint density at radius 3 is 2.65 bits per heavy atom. The van der Waals surface area contributed by atoms with Crippen molar-refractivity contribution in [3.8, 4) is 0 Å². The number of nitrogens with one attached hydrogen (secondary N) is 1. The zero-order valence-corrected chi connectivity index (χ0v) is 15.4. The summed E-state index contributed by atoms with van der Waals surface area (Å²) in [6.45, 7) is 2.10. The fraction of sp³-hybridized carbons (Fsp3) is 0.300. The monoisotopic (exact) mass is 371 g/mol. The molecule has 0 aliphatic carbocycles. The molecule has 6 heteroatoms. The first-order chi connectivity index (χ1) is 12.5. The minimum Gasteiger partial charge on any atom is -0.398 e. The lowest BCUT2D eigenvalue weighted by Gasteiger charge is -2.31. The summed E-state index contributed by atoms with van der Waals surface area (Å²) in [5.74, 6) is -0.216. The first-order valence-corrected chi connectivity index (χ1v) is 9.04. The van der Waals surface area contributed by atoms with Crippen LogP contribution >= 0.6 is 11.6 Å². The van der Waals surface area contributed by atoms with Gasteiger partial charge in [-0.2, -0.15) is 0 Å². The second-order valence-corrected chi connectivity index (χ2v) is 6.94. The van der Waals surface area contributed by atoms with Gasteiger partial charge in [0, 0.05) is 29.9 Å². The van der Waals surface area contributed by atoms with E-state index in [9.17, 15) is 9.59 Å². The number of carbonyl (C=O) groups is 2. The summed E-state index contributed by atoms with van der Waals surface area (Å²) in [7, 11) is 0. The molecule has 136 valence electrons. The van der Waals surface area contributed by atoms with Crippen LogP contribution in [0.4, 0.5) is 11.4 Å². The molecule has 0 aromatic heterocycles. The standard InChI is InChI=1S/C20H22ClN3O2/c1-13(25)23-18(14-7-9-15(21)10-8-14)12-20(26)24-11-3-4-16-17(22)5-2-6-19(16)24/h2,5-10,18H,3-4,11-12,22H2,1H3,(H,23,25). The number of nitrogens with two attached hydrogens (primary N) is 1. The lowest BCUT2D eigenvalue weighted by Crippen LogP contribution is -2.39. The molecule has 3 N–H and O–H groups in total. The van der Waals surface area contributed by atoms with Crippen LogP contribution in [-0.4, -0.2) is 18.4 Å². The molecule has 0 fully saturated rings. The fourth-order valence-corrected chi connectivity index (χ4v) is 3.51. The van der Waals surface area contributed by atoms with Crippen LogP contribution < -0.4 is 16.0 Å². The van der Waals surface area contributed by atoms with Crippen LogP contribution in [0, 0.1) is 0 Å². The predicted octanol–water partition coefficient (Wildman–Crippen LogP) is 3.47. The molecule has 0 radical (unpaired) electrons. The Morgan fingerprint density at radius 2 is 1.96 bits per heavy atom. The van der Waals surface area contributed by atoms with Crippen LogP contribution in [0.3, 0.4) is 0 Å². The van der Waals surface area contributed by atoms with Crippen LogP contribution in [0.5, 0.6) is 0 Å². The van der Waals surface area contributed by atoms with Crippen molar-refractivity contribution in [1.82, 2.24) is 5.32 Å². The highest BCUT2D eigenvalue weighted by Crippen LogP contribution is 2.32. The second kappa shape index (κ2) is 7.79. The number of hydrogen-bond acceptors (Lipinski definition) is 3. The highest BCUT2D eigenvalue weighted by Gasteiger charge is 2.26. The van der Waals surface area contributed by atoms with Crippen molar-refractivity contribution in [3.63, 3.8) is 0 Å². The summed E-state index contributed by atoms with van der Waals surface area (Å²) in [6, 6.07) is 12.4. The van der Waals surface area contributed by atoms with E-state index in [0.29, 0.717) is 11.6 Å². The summed E-state index contributed by atoms with van der Waals surface area (Å²) in [5, 5.41) is 3.48. The van der Waals surface area contributed by atoms with E-state index in [-0.39, 0.29) is 18.2 Å². The Kier molecular flexibility index (Phi) is 5.47. The number of anilines is 2. The maximum absolute atomic E-state index is 13.0. The highest BCUT2D eigenvalue weighted by molar-refractivity contribution is 6.30. The van der Waals surface area contributed by atoms with E-state index in [2.05, 4.69) is 5.32 Å². The van der Waals surface area contributed by atoms with E-state index in [0.717, 1.165) is 35.3 Å². The molecule has 1 atom stereocenters. The summed E-state index contributed by atoms with van der Waals surface area (Å²) >= 11 is 5.95. The maximum atomic E-state index is 13.0. The molecule has 2 aromatic carbocycles. The van der Waals surface area contributed by atoms with Crippen molar-refractivity contribution in [3.05, 3.63) is 58.6 Å². The van der Waals surface area contributed by atoms with Crippen molar-refractivity contribution in [2.24, 2.45) is 0 Å². The SMILES string of the molecule is CC(=O)NC(CC(=O)N1CCCc2c(N)cccc21)c1ccc(Cl)cc1. The second-order valence-electron chi connectivity index (χ2n) is 6.50. The van der Waals surface area contributed by atoms with E-state index in [1.54, 1.807) is 17.0 Å². The van der Waals surface area contributed by atoms with Gasteiger partial charge in [-0.1, -0.05) is 29.8 Å². The number of amides is 2. The first-order valence-electron chi connectivity index (χ1n) is 8.66. The van der Waals surface area contributed by atoms with Crippen molar-refractivity contribution in [2.75, 3.05) is 17.2 Å². The molecule has 0 saturated heterocycles. The molecule has 26 heavy (non-hydrogen) atoms. The maximum Gasteiger partial charge on any atom is 0.229 e. The molecule has 1 aliphatic rings. The number of nitrogens with zero attached hydrogens (tertiary/aromatic N) is 1. The van der Waals surface area contributed by atoms with E-state index in [1.165, 1.54) is 6.92 Å². The number of rotatable bonds is 4. The Morgan fingerprint density at radius 1 is 1.23 bits per heavy atom. The largest absolute Gasteiger partial charge is 0.398 e. The van der Waals surface area contributed by atoms with Gasteiger partial charge >= 0.3 is 0 Å². The number of fused-ring (bicyclic) bond motifs is 1. The van der Waals surface area contributed by atoms with E-state index >= 15 is 0 Å². The Balaban J connectivity index is 1.84. The molecule has 5 nitrogen and oxygen atoms in total. The smallest absolute Gasteiger partial charge is 0.229 e.